The highest BCUT2D eigenvalue weighted by molar-refractivity contribution is 7.99. The maximum atomic E-state index is 13.1. The molecular formula is C23H29ClN2O2S. The number of aryl methyl sites for hydroxylation is 1. The van der Waals surface area contributed by atoms with Crippen LogP contribution in [0.5, 0.6) is 0 Å². The number of hydrogen-bond donors (Lipinski definition) is 1. The fourth-order valence-electron chi connectivity index (χ4n) is 3.05. The van der Waals surface area contributed by atoms with E-state index in [-0.39, 0.29) is 11.8 Å². The lowest BCUT2D eigenvalue weighted by Gasteiger charge is -2.30. The number of likely N-dealkylation sites (N-methyl/N-ethyl adjacent to an activating group) is 1. The highest BCUT2D eigenvalue weighted by Crippen LogP contribution is 2.22. The SMILES string of the molecule is CCNC(=O)C(CC)N(Cc1ccc(C)cc1)C(=O)CSCc1ccccc1Cl. The molecule has 0 bridgehead atoms. The fraction of sp³-hybridized carbons (Fsp3) is 0.391. The van der Waals surface area contributed by atoms with Crippen LogP contribution in [0.4, 0.5) is 0 Å². The van der Waals surface area contributed by atoms with Gasteiger partial charge in [-0.05, 0) is 37.5 Å². The molecule has 0 spiro atoms. The number of amides is 2. The van der Waals surface area contributed by atoms with Gasteiger partial charge in [-0.2, -0.15) is 0 Å². The van der Waals surface area contributed by atoms with Crippen molar-refractivity contribution in [3.63, 3.8) is 0 Å². The lowest BCUT2D eigenvalue weighted by molar-refractivity contribution is -0.139. The third-order valence-corrected chi connectivity index (χ3v) is 5.99. The summed E-state index contributed by atoms with van der Waals surface area (Å²) in [6.45, 7) is 6.81. The Morgan fingerprint density at radius 3 is 2.41 bits per heavy atom. The molecule has 0 aliphatic heterocycles. The molecule has 0 heterocycles. The number of carbonyl (C=O) groups excluding carboxylic acids is 2. The molecule has 0 radical (unpaired) electrons. The highest BCUT2D eigenvalue weighted by Gasteiger charge is 2.28. The number of halogens is 1. The third kappa shape index (κ3) is 7.09. The Balaban J connectivity index is 2.11. The molecular weight excluding hydrogens is 404 g/mol. The Labute approximate surface area is 183 Å². The Bertz CT molecular complexity index is 811. The standard InChI is InChI=1S/C23H29ClN2O2S/c1-4-21(23(28)25-5-2)26(14-18-12-10-17(3)11-13-18)22(27)16-29-15-19-8-6-7-9-20(19)24/h6-13,21H,4-5,14-16H2,1-3H3,(H,25,28). The van der Waals surface area contributed by atoms with E-state index in [1.165, 1.54) is 11.8 Å². The maximum absolute atomic E-state index is 13.1. The van der Waals surface area contributed by atoms with Gasteiger partial charge in [-0.3, -0.25) is 9.59 Å². The predicted octanol–water partition coefficient (Wildman–Crippen LogP) is 4.83. The van der Waals surface area contributed by atoms with Crippen LogP contribution in [0.1, 0.15) is 37.0 Å². The molecule has 4 nitrogen and oxygen atoms in total. The monoisotopic (exact) mass is 432 g/mol. The van der Waals surface area contributed by atoms with Gasteiger partial charge in [-0.25, -0.2) is 0 Å². The highest BCUT2D eigenvalue weighted by atomic mass is 35.5. The van der Waals surface area contributed by atoms with E-state index in [1.807, 2.05) is 69.3 Å². The van der Waals surface area contributed by atoms with E-state index in [0.29, 0.717) is 36.0 Å². The van der Waals surface area contributed by atoms with E-state index in [1.54, 1.807) is 4.90 Å². The van der Waals surface area contributed by atoms with E-state index in [2.05, 4.69) is 5.32 Å². The number of rotatable bonds is 10. The second-order valence-electron chi connectivity index (χ2n) is 6.91. The zero-order chi connectivity index (χ0) is 21.2. The van der Waals surface area contributed by atoms with Gasteiger partial charge in [0, 0.05) is 23.9 Å². The van der Waals surface area contributed by atoms with Crippen molar-refractivity contribution in [3.05, 3.63) is 70.2 Å². The zero-order valence-corrected chi connectivity index (χ0v) is 18.9. The van der Waals surface area contributed by atoms with Crippen molar-refractivity contribution in [1.82, 2.24) is 10.2 Å². The Hall–Kier alpha value is -1.98. The second kappa shape index (κ2) is 11.9. The van der Waals surface area contributed by atoms with Gasteiger partial charge in [0.15, 0.2) is 0 Å². The van der Waals surface area contributed by atoms with Crippen LogP contribution in [0.2, 0.25) is 5.02 Å². The van der Waals surface area contributed by atoms with Gasteiger partial charge >= 0.3 is 0 Å². The molecule has 0 fully saturated rings. The van der Waals surface area contributed by atoms with Gasteiger partial charge in [0.25, 0.3) is 0 Å². The molecule has 2 amide bonds. The summed E-state index contributed by atoms with van der Waals surface area (Å²) >= 11 is 7.73. The lowest BCUT2D eigenvalue weighted by atomic mass is 10.1. The molecule has 2 rings (SSSR count). The molecule has 1 unspecified atom stereocenters. The van der Waals surface area contributed by atoms with Crippen LogP contribution < -0.4 is 5.32 Å². The van der Waals surface area contributed by atoms with Crippen LogP contribution in [0, 0.1) is 6.92 Å². The molecule has 0 aliphatic rings. The van der Waals surface area contributed by atoms with E-state index >= 15 is 0 Å². The van der Waals surface area contributed by atoms with Crippen molar-refractivity contribution in [1.29, 1.82) is 0 Å². The summed E-state index contributed by atoms with van der Waals surface area (Å²) in [5, 5.41) is 3.57. The smallest absolute Gasteiger partial charge is 0.242 e. The molecule has 2 aromatic rings. The molecule has 0 saturated carbocycles. The fourth-order valence-corrected chi connectivity index (χ4v) is 4.24. The van der Waals surface area contributed by atoms with Crippen LogP contribution in [-0.2, 0) is 21.9 Å². The minimum atomic E-state index is -0.482. The number of hydrogen-bond acceptors (Lipinski definition) is 3. The third-order valence-electron chi connectivity index (χ3n) is 4.65. The van der Waals surface area contributed by atoms with Crippen LogP contribution in [0.15, 0.2) is 48.5 Å². The summed E-state index contributed by atoms with van der Waals surface area (Å²) in [5.74, 6) is 0.807. The summed E-state index contributed by atoms with van der Waals surface area (Å²) in [4.78, 5) is 27.4. The second-order valence-corrected chi connectivity index (χ2v) is 8.30. The van der Waals surface area contributed by atoms with Crippen molar-refractivity contribution in [2.24, 2.45) is 0 Å². The number of carbonyl (C=O) groups is 2. The topological polar surface area (TPSA) is 49.4 Å². The summed E-state index contributed by atoms with van der Waals surface area (Å²) in [7, 11) is 0. The van der Waals surface area contributed by atoms with Gasteiger partial charge in [0.2, 0.25) is 11.8 Å². The molecule has 0 saturated heterocycles. The van der Waals surface area contributed by atoms with Crippen LogP contribution >= 0.6 is 23.4 Å². The predicted molar refractivity (Wildman–Crippen MR) is 122 cm³/mol. The molecule has 0 aliphatic carbocycles. The van der Waals surface area contributed by atoms with E-state index in [0.717, 1.165) is 16.7 Å². The van der Waals surface area contributed by atoms with Crippen LogP contribution in [-0.4, -0.2) is 35.1 Å². The largest absolute Gasteiger partial charge is 0.355 e. The average Bonchev–Trinajstić information content (AvgIpc) is 2.71. The molecule has 1 atom stereocenters. The molecule has 1 N–H and O–H groups in total. The Kier molecular flexibility index (Phi) is 9.55. The Morgan fingerprint density at radius 1 is 1.10 bits per heavy atom. The lowest BCUT2D eigenvalue weighted by Crippen LogP contribution is -2.49. The summed E-state index contributed by atoms with van der Waals surface area (Å²) < 4.78 is 0. The normalized spacial score (nSPS) is 11.7. The Morgan fingerprint density at radius 2 is 1.79 bits per heavy atom. The van der Waals surface area contributed by atoms with Crippen molar-refractivity contribution < 1.29 is 9.59 Å². The quantitative estimate of drug-likeness (QED) is 0.585. The first-order valence-corrected chi connectivity index (χ1v) is 11.4. The summed E-state index contributed by atoms with van der Waals surface area (Å²) in [5.41, 5.74) is 3.19. The summed E-state index contributed by atoms with van der Waals surface area (Å²) in [6, 6.07) is 15.2. The van der Waals surface area contributed by atoms with E-state index in [9.17, 15) is 9.59 Å². The number of nitrogens with one attached hydrogen (secondary N) is 1. The zero-order valence-electron chi connectivity index (χ0n) is 17.3. The molecule has 156 valence electrons. The van der Waals surface area contributed by atoms with E-state index < -0.39 is 6.04 Å². The minimum absolute atomic E-state index is 0.0410. The maximum Gasteiger partial charge on any atom is 0.242 e. The first kappa shape index (κ1) is 23.3. The number of thioether (sulfide) groups is 1. The number of nitrogens with zero attached hydrogens (tertiary/aromatic N) is 1. The average molecular weight is 433 g/mol. The van der Waals surface area contributed by atoms with Gasteiger partial charge < -0.3 is 10.2 Å². The molecule has 29 heavy (non-hydrogen) atoms. The first-order chi connectivity index (χ1) is 14.0. The van der Waals surface area contributed by atoms with E-state index in [4.69, 9.17) is 11.6 Å². The summed E-state index contributed by atoms with van der Waals surface area (Å²) in [6.07, 6.45) is 0.568. The van der Waals surface area contributed by atoms with Gasteiger partial charge in [-0.1, -0.05) is 66.6 Å². The molecule has 0 aromatic heterocycles. The van der Waals surface area contributed by atoms with Crippen molar-refractivity contribution in [2.45, 2.75) is 45.5 Å². The molecule has 2 aromatic carbocycles. The van der Waals surface area contributed by atoms with Crippen molar-refractivity contribution >= 4 is 35.2 Å². The number of benzene rings is 2. The van der Waals surface area contributed by atoms with Gasteiger partial charge in [-0.15, -0.1) is 11.8 Å². The van der Waals surface area contributed by atoms with Crippen molar-refractivity contribution in [3.8, 4) is 0 Å². The van der Waals surface area contributed by atoms with Gasteiger partial charge in [0.05, 0.1) is 5.75 Å². The van der Waals surface area contributed by atoms with Crippen molar-refractivity contribution in [2.75, 3.05) is 12.3 Å². The van der Waals surface area contributed by atoms with Crippen LogP contribution in [0.3, 0.4) is 0 Å². The first-order valence-electron chi connectivity index (χ1n) is 9.90. The van der Waals surface area contributed by atoms with Crippen LogP contribution in [0.25, 0.3) is 0 Å². The minimum Gasteiger partial charge on any atom is -0.355 e. The molecule has 6 heteroatoms. The van der Waals surface area contributed by atoms with Gasteiger partial charge in [0.1, 0.15) is 6.04 Å².